The van der Waals surface area contributed by atoms with E-state index >= 15 is 0 Å². The molecule has 0 aliphatic rings. The van der Waals surface area contributed by atoms with Gasteiger partial charge in [-0.25, -0.2) is 0 Å². The summed E-state index contributed by atoms with van der Waals surface area (Å²) < 4.78 is 16.0. The van der Waals surface area contributed by atoms with Crippen molar-refractivity contribution in [1.82, 2.24) is 0 Å². The summed E-state index contributed by atoms with van der Waals surface area (Å²) in [6.07, 6.45) is 15.8. The van der Waals surface area contributed by atoms with E-state index in [0.29, 0.717) is 10.5 Å². The molecule has 0 atom stereocenters. The van der Waals surface area contributed by atoms with Crippen LogP contribution in [0.1, 0.15) is 70.6 Å². The van der Waals surface area contributed by atoms with Crippen LogP contribution < -0.4 is 0 Å². The van der Waals surface area contributed by atoms with Crippen LogP contribution in [0.25, 0.3) is 0 Å². The van der Waals surface area contributed by atoms with Gasteiger partial charge in [-0.3, -0.25) is 0 Å². The third-order valence-corrected chi connectivity index (χ3v) is 4.45. The SMILES string of the molecule is C=CCCCCCCCCCCCC(OC)(OC)O[SiH3]. The molecule has 0 saturated heterocycles. The van der Waals surface area contributed by atoms with Crippen molar-refractivity contribution in [3.63, 3.8) is 0 Å². The minimum Gasteiger partial charge on any atom is -0.380 e. The van der Waals surface area contributed by atoms with Gasteiger partial charge in [-0.15, -0.1) is 6.58 Å². The highest BCUT2D eigenvalue weighted by Gasteiger charge is 2.27. The summed E-state index contributed by atoms with van der Waals surface area (Å²) in [6, 6.07) is 0. The Hall–Kier alpha value is -0.163. The molecule has 0 aromatic carbocycles. The van der Waals surface area contributed by atoms with Crippen molar-refractivity contribution in [3.8, 4) is 0 Å². The fourth-order valence-electron chi connectivity index (χ4n) is 2.42. The fraction of sp³-hybridized carbons (Fsp3) is 0.875. The van der Waals surface area contributed by atoms with Gasteiger partial charge >= 0.3 is 0 Å². The minimum absolute atomic E-state index is 0.630. The molecular formula is C16H34O3Si. The Balaban J connectivity index is 3.33. The molecule has 0 N–H and O–H groups in total. The zero-order valence-electron chi connectivity index (χ0n) is 13.8. The van der Waals surface area contributed by atoms with Crippen molar-refractivity contribution >= 4 is 10.5 Å². The highest BCUT2D eigenvalue weighted by atomic mass is 28.2. The van der Waals surface area contributed by atoms with Gasteiger partial charge in [0, 0.05) is 20.6 Å². The maximum Gasteiger partial charge on any atom is 0.272 e. The number of unbranched alkanes of at least 4 members (excludes halogenated alkanes) is 9. The highest BCUT2D eigenvalue weighted by molar-refractivity contribution is 5.98. The molecule has 120 valence electrons. The topological polar surface area (TPSA) is 27.7 Å². The van der Waals surface area contributed by atoms with Crippen molar-refractivity contribution in [1.29, 1.82) is 0 Å². The Bertz CT molecular complexity index is 210. The molecule has 0 aliphatic heterocycles. The Morgan fingerprint density at radius 3 is 1.70 bits per heavy atom. The van der Waals surface area contributed by atoms with Gasteiger partial charge < -0.3 is 13.9 Å². The lowest BCUT2D eigenvalue weighted by Crippen LogP contribution is -2.36. The largest absolute Gasteiger partial charge is 0.380 e. The van der Waals surface area contributed by atoms with E-state index in [-0.39, 0.29) is 0 Å². The van der Waals surface area contributed by atoms with Crippen molar-refractivity contribution in [2.45, 2.75) is 76.6 Å². The van der Waals surface area contributed by atoms with Gasteiger partial charge in [-0.05, 0) is 19.3 Å². The average molecular weight is 303 g/mol. The number of hydrogen-bond donors (Lipinski definition) is 0. The van der Waals surface area contributed by atoms with Crippen LogP contribution in [-0.4, -0.2) is 30.7 Å². The summed E-state index contributed by atoms with van der Waals surface area (Å²) in [5.41, 5.74) is 0. The summed E-state index contributed by atoms with van der Waals surface area (Å²) in [4.78, 5) is 0. The molecule has 4 heteroatoms. The van der Waals surface area contributed by atoms with E-state index in [0.717, 1.165) is 12.8 Å². The third-order valence-electron chi connectivity index (χ3n) is 3.82. The maximum atomic E-state index is 5.42. The van der Waals surface area contributed by atoms with Gasteiger partial charge in [-0.2, -0.15) is 0 Å². The van der Waals surface area contributed by atoms with Gasteiger partial charge in [0.05, 0.1) is 0 Å². The Morgan fingerprint density at radius 1 is 0.850 bits per heavy atom. The quantitative estimate of drug-likeness (QED) is 0.200. The summed E-state index contributed by atoms with van der Waals surface area (Å²) in [6.45, 7) is 3.75. The molecule has 0 aromatic rings. The first kappa shape index (κ1) is 19.8. The zero-order valence-corrected chi connectivity index (χ0v) is 15.8. The van der Waals surface area contributed by atoms with Crippen LogP contribution in [-0.2, 0) is 13.9 Å². The summed E-state index contributed by atoms with van der Waals surface area (Å²) in [5, 5.41) is 0. The molecule has 0 bridgehead atoms. The second-order valence-electron chi connectivity index (χ2n) is 5.30. The van der Waals surface area contributed by atoms with E-state index in [4.69, 9.17) is 13.9 Å². The predicted octanol–water partition coefficient (Wildman–Crippen LogP) is 3.71. The average Bonchev–Trinajstić information content (AvgIpc) is 2.49. The summed E-state index contributed by atoms with van der Waals surface area (Å²) in [7, 11) is 3.92. The van der Waals surface area contributed by atoms with E-state index < -0.39 is 5.97 Å². The standard InChI is InChI=1S/C16H34O3Si/c1-4-5-6-7-8-9-10-11-12-13-14-15-16(17-2,18-3)19-20/h4H,1,5-15H2,2-3,20H3. The van der Waals surface area contributed by atoms with E-state index in [1.807, 2.05) is 6.08 Å². The lowest BCUT2D eigenvalue weighted by atomic mass is 10.1. The fourth-order valence-corrected chi connectivity index (χ4v) is 2.96. The van der Waals surface area contributed by atoms with Crippen molar-refractivity contribution in [2.24, 2.45) is 0 Å². The number of allylic oxidation sites excluding steroid dienone is 1. The Kier molecular flexibility index (Phi) is 13.7. The lowest BCUT2D eigenvalue weighted by Gasteiger charge is -2.29. The predicted molar refractivity (Wildman–Crippen MR) is 88.8 cm³/mol. The van der Waals surface area contributed by atoms with Crippen LogP contribution in [0.2, 0.25) is 0 Å². The molecule has 3 nitrogen and oxygen atoms in total. The molecule has 0 amide bonds. The first-order chi connectivity index (χ1) is 9.74. The van der Waals surface area contributed by atoms with Crippen LogP contribution in [0, 0.1) is 0 Å². The maximum absolute atomic E-state index is 5.42. The molecule has 0 aliphatic carbocycles. The number of ether oxygens (including phenoxy) is 2. The molecule has 0 unspecified atom stereocenters. The Morgan fingerprint density at radius 2 is 1.30 bits per heavy atom. The molecule has 0 fully saturated rings. The molecule has 0 saturated carbocycles. The van der Waals surface area contributed by atoms with Crippen LogP contribution >= 0.6 is 0 Å². The van der Waals surface area contributed by atoms with E-state index in [1.54, 1.807) is 14.2 Å². The van der Waals surface area contributed by atoms with Crippen LogP contribution in [0.15, 0.2) is 12.7 Å². The van der Waals surface area contributed by atoms with Gasteiger partial charge in [0.1, 0.15) is 0 Å². The van der Waals surface area contributed by atoms with Crippen molar-refractivity contribution in [2.75, 3.05) is 14.2 Å². The number of methoxy groups -OCH3 is 2. The van der Waals surface area contributed by atoms with Crippen LogP contribution in [0.4, 0.5) is 0 Å². The molecule has 0 aromatic heterocycles. The molecule has 20 heavy (non-hydrogen) atoms. The summed E-state index contributed by atoms with van der Waals surface area (Å²) in [5.74, 6) is -0.780. The highest BCUT2D eigenvalue weighted by Crippen LogP contribution is 2.21. The molecular weight excluding hydrogens is 268 g/mol. The van der Waals surface area contributed by atoms with Crippen LogP contribution in [0.5, 0.6) is 0 Å². The van der Waals surface area contributed by atoms with Crippen molar-refractivity contribution < 1.29 is 13.9 Å². The van der Waals surface area contributed by atoms with Gasteiger partial charge in [0.25, 0.3) is 5.97 Å². The van der Waals surface area contributed by atoms with Gasteiger partial charge in [0.15, 0.2) is 10.5 Å². The smallest absolute Gasteiger partial charge is 0.272 e. The third kappa shape index (κ3) is 9.70. The molecule has 0 radical (unpaired) electrons. The summed E-state index contributed by atoms with van der Waals surface area (Å²) >= 11 is 0. The van der Waals surface area contributed by atoms with Gasteiger partial charge in [0.2, 0.25) is 0 Å². The van der Waals surface area contributed by atoms with Crippen molar-refractivity contribution in [3.05, 3.63) is 12.7 Å². The molecule has 0 spiro atoms. The first-order valence-electron chi connectivity index (χ1n) is 8.01. The van der Waals surface area contributed by atoms with E-state index in [1.165, 1.54) is 57.8 Å². The van der Waals surface area contributed by atoms with Gasteiger partial charge in [-0.1, -0.05) is 51.0 Å². The second-order valence-corrected chi connectivity index (χ2v) is 5.71. The first-order valence-corrected chi connectivity index (χ1v) is 8.82. The second kappa shape index (κ2) is 13.8. The zero-order chi connectivity index (χ0) is 15.1. The number of rotatable bonds is 15. The Labute approximate surface area is 128 Å². The molecule has 0 rings (SSSR count). The van der Waals surface area contributed by atoms with Crippen LogP contribution in [0.3, 0.4) is 0 Å². The van der Waals surface area contributed by atoms with E-state index in [9.17, 15) is 0 Å². The van der Waals surface area contributed by atoms with E-state index in [2.05, 4.69) is 6.58 Å². The normalized spacial score (nSPS) is 11.9. The molecule has 0 heterocycles. The number of hydrogen-bond acceptors (Lipinski definition) is 3. The monoisotopic (exact) mass is 302 g/mol. The minimum atomic E-state index is -0.780. The lowest BCUT2D eigenvalue weighted by molar-refractivity contribution is -0.325.